The molecule has 6 heteroatoms. The first-order valence-corrected chi connectivity index (χ1v) is 7.00. The van der Waals surface area contributed by atoms with Crippen molar-refractivity contribution in [1.29, 1.82) is 0 Å². The first-order chi connectivity index (χ1) is 9.65. The first-order valence-electron chi connectivity index (χ1n) is 6.62. The maximum absolute atomic E-state index is 9.89. The number of nitrogens with zero attached hydrogens (tertiary/aromatic N) is 3. The molecule has 1 aromatic carbocycles. The molecule has 0 aliphatic carbocycles. The van der Waals surface area contributed by atoms with E-state index in [1.807, 2.05) is 0 Å². The topological polar surface area (TPSA) is 58.5 Å². The monoisotopic (exact) mass is 293 g/mol. The van der Waals surface area contributed by atoms with Crippen LogP contribution in [0.1, 0.15) is 18.6 Å². The van der Waals surface area contributed by atoms with Crippen LogP contribution in [0.4, 0.5) is 5.82 Å². The quantitative estimate of drug-likeness (QED) is 0.919. The highest BCUT2D eigenvalue weighted by atomic mass is 35.5. The molecule has 5 nitrogen and oxygen atoms in total. The molecule has 1 N–H and O–H groups in total. The fourth-order valence-corrected chi connectivity index (χ4v) is 2.58. The number of benzene rings is 1. The summed E-state index contributed by atoms with van der Waals surface area (Å²) in [4.78, 5) is 11.2. The molecule has 2 heterocycles. The van der Waals surface area contributed by atoms with Crippen LogP contribution in [0.2, 0.25) is 5.02 Å². The number of anilines is 1. The molecule has 0 spiro atoms. The fourth-order valence-electron chi connectivity index (χ4n) is 2.36. The summed E-state index contributed by atoms with van der Waals surface area (Å²) in [5, 5.41) is 10.4. The van der Waals surface area contributed by atoms with Crippen molar-refractivity contribution in [3.63, 3.8) is 0 Å². The molecule has 106 valence electrons. The largest absolute Gasteiger partial charge is 0.389 e. The minimum atomic E-state index is -0.634. The normalized spacial score (nSPS) is 17.4. The maximum Gasteiger partial charge on any atom is 0.148 e. The van der Waals surface area contributed by atoms with E-state index in [9.17, 15) is 5.11 Å². The van der Waals surface area contributed by atoms with Crippen molar-refractivity contribution in [2.24, 2.45) is 0 Å². The van der Waals surface area contributed by atoms with Crippen molar-refractivity contribution in [2.75, 3.05) is 31.2 Å². The average molecular weight is 294 g/mol. The van der Waals surface area contributed by atoms with Crippen LogP contribution in [-0.4, -0.2) is 41.4 Å². The Kier molecular flexibility index (Phi) is 3.74. The van der Waals surface area contributed by atoms with Crippen molar-refractivity contribution in [1.82, 2.24) is 9.97 Å². The van der Waals surface area contributed by atoms with Gasteiger partial charge in [0.1, 0.15) is 5.82 Å². The molecule has 3 rings (SSSR count). The van der Waals surface area contributed by atoms with Gasteiger partial charge in [-0.1, -0.05) is 11.6 Å². The standard InChI is InChI=1S/C14H16ClN3O2/c1-9(19)11-6-10(15)7-12-14(11)17-13(8-16-12)18-2-4-20-5-3-18/h6-9,19H,2-5H2,1H3. The smallest absolute Gasteiger partial charge is 0.148 e. The molecule has 1 unspecified atom stereocenters. The third kappa shape index (κ3) is 2.57. The lowest BCUT2D eigenvalue weighted by atomic mass is 10.1. The first kappa shape index (κ1) is 13.5. The van der Waals surface area contributed by atoms with E-state index in [1.54, 1.807) is 25.3 Å². The molecule has 0 amide bonds. The summed E-state index contributed by atoms with van der Waals surface area (Å²) in [6.45, 7) is 4.71. The van der Waals surface area contributed by atoms with Gasteiger partial charge in [-0.3, -0.25) is 4.98 Å². The average Bonchev–Trinajstić information content (AvgIpc) is 2.46. The highest BCUT2D eigenvalue weighted by Crippen LogP contribution is 2.27. The number of hydrogen-bond donors (Lipinski definition) is 1. The number of halogens is 1. The summed E-state index contributed by atoms with van der Waals surface area (Å²) in [7, 11) is 0. The van der Waals surface area contributed by atoms with E-state index in [-0.39, 0.29) is 0 Å². The van der Waals surface area contributed by atoms with Crippen LogP contribution in [0.15, 0.2) is 18.3 Å². The molecular formula is C14H16ClN3O2. The van der Waals surface area contributed by atoms with Crippen LogP contribution in [0, 0.1) is 0 Å². The number of hydrogen-bond acceptors (Lipinski definition) is 5. The van der Waals surface area contributed by atoms with Crippen molar-refractivity contribution in [3.8, 4) is 0 Å². The Labute approximate surface area is 122 Å². The third-order valence-corrected chi connectivity index (χ3v) is 3.63. The Balaban J connectivity index is 2.09. The molecule has 1 aromatic heterocycles. The second-order valence-corrected chi connectivity index (χ2v) is 5.30. The van der Waals surface area contributed by atoms with Gasteiger partial charge >= 0.3 is 0 Å². The lowest BCUT2D eigenvalue weighted by Gasteiger charge is -2.27. The van der Waals surface area contributed by atoms with Gasteiger partial charge in [-0.15, -0.1) is 0 Å². The summed E-state index contributed by atoms with van der Waals surface area (Å²) in [5.41, 5.74) is 2.11. The van der Waals surface area contributed by atoms with Crippen molar-refractivity contribution in [2.45, 2.75) is 13.0 Å². The molecule has 1 saturated heterocycles. The molecular weight excluding hydrogens is 278 g/mol. The lowest BCUT2D eigenvalue weighted by molar-refractivity contribution is 0.122. The minimum absolute atomic E-state index is 0.557. The van der Waals surface area contributed by atoms with Crippen molar-refractivity contribution >= 4 is 28.5 Å². The molecule has 0 radical (unpaired) electrons. The Morgan fingerprint density at radius 2 is 2.10 bits per heavy atom. The molecule has 20 heavy (non-hydrogen) atoms. The van der Waals surface area contributed by atoms with Gasteiger partial charge in [0.15, 0.2) is 0 Å². The van der Waals surface area contributed by atoms with Gasteiger partial charge in [0.25, 0.3) is 0 Å². The van der Waals surface area contributed by atoms with E-state index < -0.39 is 6.10 Å². The summed E-state index contributed by atoms with van der Waals surface area (Å²) < 4.78 is 5.34. The Morgan fingerprint density at radius 1 is 1.35 bits per heavy atom. The Bertz CT molecular complexity index is 627. The predicted octanol–water partition coefficient (Wildman–Crippen LogP) is 2.17. The van der Waals surface area contributed by atoms with Gasteiger partial charge in [0.2, 0.25) is 0 Å². The molecule has 1 aliphatic rings. The van der Waals surface area contributed by atoms with Crippen LogP contribution in [0.25, 0.3) is 11.0 Å². The number of aromatic nitrogens is 2. The van der Waals surface area contributed by atoms with Crippen molar-refractivity contribution < 1.29 is 9.84 Å². The van der Waals surface area contributed by atoms with Gasteiger partial charge in [0, 0.05) is 23.7 Å². The molecule has 0 bridgehead atoms. The van der Waals surface area contributed by atoms with E-state index in [1.165, 1.54) is 0 Å². The fraction of sp³-hybridized carbons (Fsp3) is 0.429. The van der Waals surface area contributed by atoms with E-state index in [2.05, 4.69) is 14.9 Å². The highest BCUT2D eigenvalue weighted by molar-refractivity contribution is 6.31. The summed E-state index contributed by atoms with van der Waals surface area (Å²) in [5.74, 6) is 0.810. The lowest BCUT2D eigenvalue weighted by Crippen LogP contribution is -2.36. The second kappa shape index (κ2) is 5.52. The molecule has 0 saturated carbocycles. The number of ether oxygens (including phenoxy) is 1. The van der Waals surface area contributed by atoms with Crippen LogP contribution in [0.3, 0.4) is 0 Å². The number of fused-ring (bicyclic) bond motifs is 1. The zero-order valence-corrected chi connectivity index (χ0v) is 12.0. The zero-order valence-electron chi connectivity index (χ0n) is 11.2. The van der Waals surface area contributed by atoms with Gasteiger partial charge in [-0.25, -0.2) is 4.98 Å². The molecule has 1 aliphatic heterocycles. The molecule has 1 fully saturated rings. The highest BCUT2D eigenvalue weighted by Gasteiger charge is 2.16. The third-order valence-electron chi connectivity index (χ3n) is 3.41. The van der Waals surface area contributed by atoms with E-state index >= 15 is 0 Å². The van der Waals surface area contributed by atoms with Gasteiger partial charge in [-0.05, 0) is 19.1 Å². The van der Waals surface area contributed by atoms with Gasteiger partial charge < -0.3 is 14.7 Å². The zero-order chi connectivity index (χ0) is 14.1. The summed E-state index contributed by atoms with van der Waals surface area (Å²) in [6, 6.07) is 3.51. The summed E-state index contributed by atoms with van der Waals surface area (Å²) >= 11 is 6.05. The van der Waals surface area contributed by atoms with E-state index in [4.69, 9.17) is 16.3 Å². The summed E-state index contributed by atoms with van der Waals surface area (Å²) in [6.07, 6.45) is 1.11. The number of morpholine rings is 1. The van der Waals surface area contributed by atoms with Gasteiger partial charge in [-0.2, -0.15) is 0 Å². The maximum atomic E-state index is 9.89. The Hall–Kier alpha value is -1.43. The second-order valence-electron chi connectivity index (χ2n) is 4.87. The van der Waals surface area contributed by atoms with Gasteiger partial charge in [0.05, 0.1) is 36.5 Å². The predicted molar refractivity (Wildman–Crippen MR) is 78.2 cm³/mol. The number of aliphatic hydroxyl groups excluding tert-OH is 1. The van der Waals surface area contributed by atoms with E-state index in [0.29, 0.717) is 34.8 Å². The SMILES string of the molecule is CC(O)c1cc(Cl)cc2ncc(N3CCOCC3)nc12. The van der Waals surface area contributed by atoms with Crippen LogP contribution < -0.4 is 4.90 Å². The van der Waals surface area contributed by atoms with Crippen LogP contribution in [0.5, 0.6) is 0 Å². The van der Waals surface area contributed by atoms with Crippen LogP contribution in [-0.2, 0) is 4.74 Å². The molecule has 1 atom stereocenters. The Morgan fingerprint density at radius 3 is 2.80 bits per heavy atom. The number of rotatable bonds is 2. The molecule has 2 aromatic rings. The van der Waals surface area contributed by atoms with Crippen LogP contribution >= 0.6 is 11.6 Å². The minimum Gasteiger partial charge on any atom is -0.389 e. The number of aliphatic hydroxyl groups is 1. The van der Waals surface area contributed by atoms with E-state index in [0.717, 1.165) is 18.9 Å². The van der Waals surface area contributed by atoms with Crippen molar-refractivity contribution in [3.05, 3.63) is 28.9 Å².